The molecule has 0 aliphatic carbocycles. The van der Waals surface area contributed by atoms with Gasteiger partial charge in [-0.15, -0.1) is 0 Å². The summed E-state index contributed by atoms with van der Waals surface area (Å²) in [6.45, 7) is 9.26. The summed E-state index contributed by atoms with van der Waals surface area (Å²) in [5.74, 6) is 0.988. The van der Waals surface area contributed by atoms with Crippen LogP contribution in [0.3, 0.4) is 0 Å². The van der Waals surface area contributed by atoms with Crippen LogP contribution in [0.4, 0.5) is 9.59 Å². The molecule has 0 spiro atoms. The molecule has 0 saturated heterocycles. The smallest absolute Gasteiger partial charge is 0.418 e. The van der Waals surface area contributed by atoms with Crippen LogP contribution in [0.1, 0.15) is 46.6 Å². The van der Waals surface area contributed by atoms with Crippen molar-refractivity contribution in [2.45, 2.75) is 46.3 Å². The van der Waals surface area contributed by atoms with E-state index in [2.05, 4.69) is 15.3 Å². The molecule has 0 aliphatic heterocycles. The Hall–Kier alpha value is -4.08. The van der Waals surface area contributed by atoms with Crippen molar-refractivity contribution in [1.29, 1.82) is 0 Å². The number of nitrogens with one attached hydrogen (secondary N) is 1. The average molecular weight is 481 g/mol. The van der Waals surface area contributed by atoms with Crippen LogP contribution in [0.2, 0.25) is 0 Å². The summed E-state index contributed by atoms with van der Waals surface area (Å²) < 4.78 is 23.3. The van der Waals surface area contributed by atoms with Crippen molar-refractivity contribution in [3.05, 3.63) is 48.8 Å². The van der Waals surface area contributed by atoms with Gasteiger partial charge in [-0.2, -0.15) is 0 Å². The van der Waals surface area contributed by atoms with Gasteiger partial charge in [0.05, 0.1) is 18.8 Å². The highest BCUT2D eigenvalue weighted by molar-refractivity contribution is 5.99. The number of amides is 1. The first kappa shape index (κ1) is 24.1. The third kappa shape index (κ3) is 5.06. The van der Waals surface area contributed by atoms with Gasteiger partial charge in [0.2, 0.25) is 11.8 Å². The molecule has 1 amide bonds. The lowest BCUT2D eigenvalue weighted by atomic mass is 10.0. The van der Waals surface area contributed by atoms with E-state index in [0.717, 1.165) is 5.39 Å². The number of benzene rings is 1. The molecule has 184 valence electrons. The topological polar surface area (TPSA) is 122 Å². The molecule has 0 bridgehead atoms. The maximum atomic E-state index is 12.3. The lowest BCUT2D eigenvalue weighted by Gasteiger charge is -2.24. The van der Waals surface area contributed by atoms with E-state index in [1.165, 1.54) is 17.9 Å². The summed E-state index contributed by atoms with van der Waals surface area (Å²) in [5, 5.41) is 3.62. The van der Waals surface area contributed by atoms with Crippen LogP contribution in [0.5, 0.6) is 0 Å². The molecule has 0 saturated carbocycles. The van der Waals surface area contributed by atoms with Gasteiger partial charge in [-0.05, 0) is 32.8 Å². The quantitative estimate of drug-likeness (QED) is 0.381. The summed E-state index contributed by atoms with van der Waals surface area (Å²) >= 11 is 0. The lowest BCUT2D eigenvalue weighted by Crippen LogP contribution is -2.37. The van der Waals surface area contributed by atoms with Gasteiger partial charge in [-0.1, -0.05) is 32.0 Å². The zero-order valence-corrected chi connectivity index (χ0v) is 20.5. The minimum Gasteiger partial charge on any atom is -0.452 e. The van der Waals surface area contributed by atoms with Crippen LogP contribution < -0.4 is 5.32 Å². The zero-order valence-electron chi connectivity index (χ0n) is 20.5. The summed E-state index contributed by atoms with van der Waals surface area (Å²) in [7, 11) is 1.33. The third-order valence-corrected chi connectivity index (χ3v) is 5.20. The number of hydrogen-bond donors (Lipinski definition) is 1. The zero-order chi connectivity index (χ0) is 25.3. The monoisotopic (exact) mass is 480 g/mol. The maximum absolute atomic E-state index is 12.3. The second-order valence-corrected chi connectivity index (χ2v) is 9.37. The fraction of sp³-hybridized carbons (Fsp3) is 0.360. The van der Waals surface area contributed by atoms with Crippen LogP contribution >= 0.6 is 0 Å². The maximum Gasteiger partial charge on any atom is 0.418 e. The molecule has 0 fully saturated rings. The van der Waals surface area contributed by atoms with Gasteiger partial charge in [0.1, 0.15) is 17.9 Å². The minimum absolute atomic E-state index is 0.0152. The summed E-state index contributed by atoms with van der Waals surface area (Å²) in [4.78, 5) is 33.3. The molecular formula is C25H28N4O6. The molecule has 1 N–H and O–H groups in total. The van der Waals surface area contributed by atoms with E-state index < -0.39 is 23.8 Å². The number of carbonyl (C=O) groups excluding carboxylic acids is 2. The highest BCUT2D eigenvalue weighted by Crippen LogP contribution is 2.33. The third-order valence-electron chi connectivity index (χ3n) is 5.20. The summed E-state index contributed by atoms with van der Waals surface area (Å²) in [6, 6.07) is 6.91. The van der Waals surface area contributed by atoms with Crippen LogP contribution in [-0.2, 0) is 9.47 Å². The Balaban J connectivity index is 1.62. The molecule has 0 aliphatic rings. The van der Waals surface area contributed by atoms with Crippen molar-refractivity contribution in [2.75, 3.05) is 7.11 Å². The van der Waals surface area contributed by atoms with E-state index in [4.69, 9.17) is 18.3 Å². The highest BCUT2D eigenvalue weighted by atomic mass is 16.6. The van der Waals surface area contributed by atoms with Crippen molar-refractivity contribution in [3.8, 4) is 22.9 Å². The molecule has 4 rings (SSSR count). The Morgan fingerprint density at radius 3 is 2.60 bits per heavy atom. The van der Waals surface area contributed by atoms with Gasteiger partial charge in [0.15, 0.2) is 11.5 Å². The second kappa shape index (κ2) is 9.28. The second-order valence-electron chi connectivity index (χ2n) is 9.37. The molecule has 10 nitrogen and oxygen atoms in total. The predicted octanol–water partition coefficient (Wildman–Crippen LogP) is 5.79. The largest absolute Gasteiger partial charge is 0.452 e. The molecule has 3 aromatic heterocycles. The number of aromatic nitrogens is 3. The number of methoxy groups -OCH3 is 1. The SMILES string of the molecule is COC(=O)n1cc(-c2cnc(-c3coc([C@@H](NC(=O)OC(C)(C)C)C(C)C)n3)o2)c2ccccc21. The van der Waals surface area contributed by atoms with Gasteiger partial charge in [-0.3, -0.25) is 4.57 Å². The van der Waals surface area contributed by atoms with E-state index in [0.29, 0.717) is 28.4 Å². The van der Waals surface area contributed by atoms with E-state index in [9.17, 15) is 9.59 Å². The number of hydrogen-bond acceptors (Lipinski definition) is 8. The first-order chi connectivity index (χ1) is 16.6. The Morgan fingerprint density at radius 2 is 1.91 bits per heavy atom. The van der Waals surface area contributed by atoms with Crippen molar-refractivity contribution in [3.63, 3.8) is 0 Å². The van der Waals surface area contributed by atoms with Crippen LogP contribution in [-0.4, -0.2) is 39.4 Å². The molecule has 1 atom stereocenters. The molecule has 10 heteroatoms. The lowest BCUT2D eigenvalue weighted by molar-refractivity contribution is 0.0479. The number of ether oxygens (including phenoxy) is 2. The van der Waals surface area contributed by atoms with E-state index in [-0.39, 0.29) is 11.8 Å². The predicted molar refractivity (Wildman–Crippen MR) is 128 cm³/mol. The van der Waals surface area contributed by atoms with E-state index >= 15 is 0 Å². The van der Waals surface area contributed by atoms with Crippen LogP contribution in [0.25, 0.3) is 33.8 Å². The molecular weight excluding hydrogens is 452 g/mol. The Kier molecular flexibility index (Phi) is 6.38. The summed E-state index contributed by atoms with van der Waals surface area (Å²) in [6.07, 6.45) is 3.57. The number of para-hydroxylation sites is 1. The van der Waals surface area contributed by atoms with Crippen molar-refractivity contribution in [1.82, 2.24) is 19.9 Å². The molecule has 0 radical (unpaired) electrons. The van der Waals surface area contributed by atoms with Crippen molar-refractivity contribution < 1.29 is 27.9 Å². The first-order valence-corrected chi connectivity index (χ1v) is 11.2. The van der Waals surface area contributed by atoms with Gasteiger partial charge < -0.3 is 23.6 Å². The van der Waals surface area contributed by atoms with Gasteiger partial charge in [0.25, 0.3) is 0 Å². The fourth-order valence-electron chi connectivity index (χ4n) is 3.62. The number of nitrogens with zero attached hydrogens (tertiary/aromatic N) is 3. The number of oxazole rings is 2. The number of alkyl carbamates (subject to hydrolysis) is 1. The number of rotatable bonds is 5. The van der Waals surface area contributed by atoms with Crippen molar-refractivity contribution >= 4 is 23.1 Å². The number of fused-ring (bicyclic) bond motifs is 1. The molecule has 0 unspecified atom stereocenters. The van der Waals surface area contributed by atoms with Crippen LogP contribution in [0, 0.1) is 5.92 Å². The molecule has 3 heterocycles. The Labute approximate surface area is 202 Å². The first-order valence-electron chi connectivity index (χ1n) is 11.2. The molecule has 1 aromatic carbocycles. The molecule has 4 aromatic rings. The summed E-state index contributed by atoms with van der Waals surface area (Å²) in [5.41, 5.74) is 1.11. The van der Waals surface area contributed by atoms with Gasteiger partial charge in [0, 0.05) is 17.1 Å². The minimum atomic E-state index is -0.626. The van der Waals surface area contributed by atoms with Crippen molar-refractivity contribution in [2.24, 2.45) is 5.92 Å². The van der Waals surface area contributed by atoms with E-state index in [1.807, 2.05) is 38.1 Å². The van der Waals surface area contributed by atoms with Crippen LogP contribution in [0.15, 0.2) is 51.8 Å². The standard InChI is InChI=1S/C25H28N4O6/c1-14(2)20(28-23(30)35-25(3,4)5)22-27-17(13-33-22)21-26-11-19(34-21)16-12-29(24(31)32-6)18-10-8-7-9-15(16)18/h7-14,20H,1-6H3,(H,28,30)/t20-/m0/s1. The normalized spacial score (nSPS) is 12.7. The fourth-order valence-corrected chi connectivity index (χ4v) is 3.62. The average Bonchev–Trinajstić information content (AvgIpc) is 3.53. The van der Waals surface area contributed by atoms with Gasteiger partial charge in [-0.25, -0.2) is 19.6 Å². The molecule has 35 heavy (non-hydrogen) atoms. The number of carbonyl (C=O) groups is 2. The Morgan fingerprint density at radius 1 is 1.17 bits per heavy atom. The van der Waals surface area contributed by atoms with E-state index in [1.54, 1.807) is 33.2 Å². The Bertz CT molecular complexity index is 1360. The van der Waals surface area contributed by atoms with Gasteiger partial charge >= 0.3 is 12.2 Å². The highest BCUT2D eigenvalue weighted by Gasteiger charge is 2.27.